The minimum atomic E-state index is -0.561. The van der Waals surface area contributed by atoms with Crippen LogP contribution in [0.25, 0.3) is 22.6 Å². The molecule has 0 saturated heterocycles. The smallest absolute Gasteiger partial charge is 0.270 e. The third-order valence-electron chi connectivity index (χ3n) is 4.57. The summed E-state index contributed by atoms with van der Waals surface area (Å²) >= 11 is 5.25. The van der Waals surface area contributed by atoms with Crippen molar-refractivity contribution in [2.75, 3.05) is 5.32 Å². The predicted octanol–water partition coefficient (Wildman–Crippen LogP) is 4.84. The number of aromatic nitrogens is 1. The van der Waals surface area contributed by atoms with Crippen molar-refractivity contribution in [2.24, 2.45) is 0 Å². The van der Waals surface area contributed by atoms with Gasteiger partial charge in [0.2, 0.25) is 5.89 Å². The number of carbonyl (C=O) groups is 1. The average Bonchev–Trinajstić information content (AvgIpc) is 3.19. The van der Waals surface area contributed by atoms with E-state index in [9.17, 15) is 14.9 Å². The summed E-state index contributed by atoms with van der Waals surface area (Å²) in [5.41, 5.74) is 3.72. The molecule has 4 rings (SSSR count). The maximum atomic E-state index is 12.4. The van der Waals surface area contributed by atoms with Crippen molar-refractivity contribution in [1.29, 1.82) is 0 Å². The van der Waals surface area contributed by atoms with Crippen LogP contribution >= 0.6 is 12.2 Å². The number of nitrogens with one attached hydrogen (secondary N) is 2. The fourth-order valence-corrected chi connectivity index (χ4v) is 3.18. The van der Waals surface area contributed by atoms with E-state index in [2.05, 4.69) is 15.6 Å². The first kappa shape index (κ1) is 20.2. The molecule has 0 aliphatic rings. The lowest BCUT2D eigenvalue weighted by molar-refractivity contribution is -0.384. The van der Waals surface area contributed by atoms with Crippen LogP contribution in [-0.2, 0) is 0 Å². The normalized spacial score (nSPS) is 10.6. The molecule has 154 valence electrons. The number of para-hydroxylation sites is 2. The van der Waals surface area contributed by atoms with Gasteiger partial charge in [0.15, 0.2) is 10.7 Å². The van der Waals surface area contributed by atoms with Gasteiger partial charge in [0.25, 0.3) is 11.6 Å². The van der Waals surface area contributed by atoms with Crippen molar-refractivity contribution >= 4 is 45.7 Å². The highest BCUT2D eigenvalue weighted by Crippen LogP contribution is 2.28. The van der Waals surface area contributed by atoms with Gasteiger partial charge in [-0.05, 0) is 55.0 Å². The van der Waals surface area contributed by atoms with Gasteiger partial charge in [0.1, 0.15) is 5.52 Å². The number of thiocarbonyl (C=S) groups is 1. The van der Waals surface area contributed by atoms with E-state index in [1.54, 1.807) is 0 Å². The quantitative estimate of drug-likeness (QED) is 0.270. The molecule has 0 saturated carbocycles. The van der Waals surface area contributed by atoms with Gasteiger partial charge in [0.05, 0.1) is 4.92 Å². The Hall–Kier alpha value is -4.11. The highest BCUT2D eigenvalue weighted by atomic mass is 32.1. The van der Waals surface area contributed by atoms with Crippen LogP contribution in [0.5, 0.6) is 0 Å². The second-order valence-corrected chi connectivity index (χ2v) is 7.14. The SMILES string of the molecule is Cc1ccc(-c2nc3ccccc3o2)cc1NC(=S)NC(=O)c1cccc([N+](=O)[O-])c1. The number of anilines is 1. The number of carbonyl (C=O) groups excluding carboxylic acids is 1. The lowest BCUT2D eigenvalue weighted by Crippen LogP contribution is -2.34. The number of rotatable bonds is 4. The molecular weight excluding hydrogens is 416 g/mol. The summed E-state index contributed by atoms with van der Waals surface area (Å²) in [5, 5.41) is 16.5. The Morgan fingerprint density at radius 2 is 1.90 bits per heavy atom. The molecule has 31 heavy (non-hydrogen) atoms. The van der Waals surface area contributed by atoms with Crippen molar-refractivity contribution in [2.45, 2.75) is 6.92 Å². The van der Waals surface area contributed by atoms with Gasteiger partial charge in [-0.25, -0.2) is 4.98 Å². The van der Waals surface area contributed by atoms with Gasteiger partial charge in [-0.1, -0.05) is 24.3 Å². The first-order chi connectivity index (χ1) is 14.9. The zero-order valence-corrected chi connectivity index (χ0v) is 17.1. The predicted molar refractivity (Wildman–Crippen MR) is 121 cm³/mol. The van der Waals surface area contributed by atoms with Crippen molar-refractivity contribution in [1.82, 2.24) is 10.3 Å². The van der Waals surface area contributed by atoms with Crippen LogP contribution in [0, 0.1) is 17.0 Å². The maximum Gasteiger partial charge on any atom is 0.270 e. The summed E-state index contributed by atoms with van der Waals surface area (Å²) in [6.07, 6.45) is 0. The summed E-state index contributed by atoms with van der Waals surface area (Å²) in [6, 6.07) is 18.5. The van der Waals surface area contributed by atoms with Crippen molar-refractivity contribution in [3.8, 4) is 11.5 Å². The number of fused-ring (bicyclic) bond motifs is 1. The zero-order chi connectivity index (χ0) is 22.0. The molecule has 0 aliphatic carbocycles. The first-order valence-electron chi connectivity index (χ1n) is 9.24. The van der Waals surface area contributed by atoms with Crippen LogP contribution < -0.4 is 10.6 Å². The van der Waals surface area contributed by atoms with Gasteiger partial charge >= 0.3 is 0 Å². The topological polar surface area (TPSA) is 110 Å². The molecule has 0 fully saturated rings. The van der Waals surface area contributed by atoms with Crippen LogP contribution in [-0.4, -0.2) is 20.9 Å². The van der Waals surface area contributed by atoms with Gasteiger partial charge in [0, 0.05) is 28.9 Å². The van der Waals surface area contributed by atoms with E-state index in [-0.39, 0.29) is 16.4 Å². The van der Waals surface area contributed by atoms with E-state index in [4.69, 9.17) is 16.6 Å². The summed E-state index contributed by atoms with van der Waals surface area (Å²) in [7, 11) is 0. The Balaban J connectivity index is 1.51. The second kappa shape index (κ2) is 8.33. The number of amides is 1. The molecule has 1 heterocycles. The zero-order valence-electron chi connectivity index (χ0n) is 16.3. The highest BCUT2D eigenvalue weighted by Gasteiger charge is 2.14. The first-order valence-corrected chi connectivity index (χ1v) is 9.65. The van der Waals surface area contributed by atoms with Crippen molar-refractivity contribution < 1.29 is 14.1 Å². The fourth-order valence-electron chi connectivity index (χ4n) is 2.97. The molecule has 0 bridgehead atoms. The van der Waals surface area contributed by atoms with E-state index in [1.165, 1.54) is 24.3 Å². The Morgan fingerprint density at radius 1 is 1.10 bits per heavy atom. The molecule has 1 aromatic heterocycles. The van der Waals surface area contributed by atoms with Crippen LogP contribution in [0.2, 0.25) is 0 Å². The van der Waals surface area contributed by atoms with Crippen molar-refractivity contribution in [3.63, 3.8) is 0 Å². The molecule has 3 aromatic carbocycles. The number of hydrogen-bond donors (Lipinski definition) is 2. The molecular formula is C22H16N4O4S. The maximum absolute atomic E-state index is 12.4. The Morgan fingerprint density at radius 3 is 2.68 bits per heavy atom. The molecule has 1 amide bonds. The van der Waals surface area contributed by atoms with Crippen LogP contribution in [0.15, 0.2) is 71.1 Å². The number of nitro benzene ring substituents is 1. The van der Waals surface area contributed by atoms with E-state index >= 15 is 0 Å². The third kappa shape index (κ3) is 4.41. The van der Waals surface area contributed by atoms with E-state index in [0.29, 0.717) is 17.2 Å². The molecule has 0 atom stereocenters. The van der Waals surface area contributed by atoms with E-state index in [0.717, 1.165) is 16.6 Å². The number of oxazole rings is 1. The largest absolute Gasteiger partial charge is 0.436 e. The number of aryl methyl sites for hydroxylation is 1. The summed E-state index contributed by atoms with van der Waals surface area (Å²) < 4.78 is 5.81. The number of benzene rings is 3. The minimum absolute atomic E-state index is 0.0642. The van der Waals surface area contributed by atoms with Crippen molar-refractivity contribution in [3.05, 3.63) is 88.0 Å². The monoisotopic (exact) mass is 432 g/mol. The third-order valence-corrected chi connectivity index (χ3v) is 4.78. The summed E-state index contributed by atoms with van der Waals surface area (Å²) in [4.78, 5) is 27.2. The number of nitrogens with zero attached hydrogens (tertiary/aromatic N) is 2. The number of nitro groups is 1. The van der Waals surface area contributed by atoms with Gasteiger partial charge in [-0.15, -0.1) is 0 Å². The molecule has 0 aliphatic heterocycles. The molecule has 0 spiro atoms. The summed E-state index contributed by atoms with van der Waals surface area (Å²) in [6.45, 7) is 1.89. The minimum Gasteiger partial charge on any atom is -0.436 e. The van der Waals surface area contributed by atoms with Gasteiger partial charge in [-0.3, -0.25) is 20.2 Å². The fraction of sp³-hybridized carbons (Fsp3) is 0.0455. The van der Waals surface area contributed by atoms with Gasteiger partial charge in [-0.2, -0.15) is 0 Å². The Bertz CT molecular complexity index is 1300. The standard InChI is InChI=1S/C22H16N4O4S/c1-13-9-10-15(21-23-17-7-2-3-8-19(17)30-21)12-18(13)24-22(31)25-20(27)14-5-4-6-16(11-14)26(28)29/h2-12H,1H3,(H2,24,25,27,31). The molecule has 2 N–H and O–H groups in total. The van der Waals surface area contributed by atoms with Gasteiger partial charge < -0.3 is 9.73 Å². The average molecular weight is 432 g/mol. The lowest BCUT2D eigenvalue weighted by Gasteiger charge is -2.12. The number of hydrogen-bond acceptors (Lipinski definition) is 6. The van der Waals surface area contributed by atoms with E-state index < -0.39 is 10.8 Å². The van der Waals surface area contributed by atoms with Crippen LogP contribution in [0.4, 0.5) is 11.4 Å². The molecule has 9 heteroatoms. The Labute approximate surface area is 182 Å². The van der Waals surface area contributed by atoms with Crippen LogP contribution in [0.1, 0.15) is 15.9 Å². The molecule has 4 aromatic rings. The molecule has 0 unspecified atom stereocenters. The Kier molecular flexibility index (Phi) is 5.42. The second-order valence-electron chi connectivity index (χ2n) is 6.73. The number of non-ortho nitro benzene ring substituents is 1. The molecule has 8 nitrogen and oxygen atoms in total. The van der Waals surface area contributed by atoms with E-state index in [1.807, 2.05) is 49.4 Å². The molecule has 0 radical (unpaired) electrons. The summed E-state index contributed by atoms with van der Waals surface area (Å²) in [5.74, 6) is -0.0789. The lowest BCUT2D eigenvalue weighted by atomic mass is 10.1. The highest BCUT2D eigenvalue weighted by molar-refractivity contribution is 7.80. The van der Waals surface area contributed by atoms with Crippen LogP contribution in [0.3, 0.4) is 0 Å².